The summed E-state index contributed by atoms with van der Waals surface area (Å²) in [6, 6.07) is 8.06. The van der Waals surface area contributed by atoms with Gasteiger partial charge in [-0.1, -0.05) is 23.7 Å². The molecule has 3 aromatic rings. The van der Waals surface area contributed by atoms with E-state index in [4.69, 9.17) is 35.1 Å². The van der Waals surface area contributed by atoms with Crippen molar-refractivity contribution in [3.8, 4) is 5.75 Å². The molecule has 0 radical (unpaired) electrons. The summed E-state index contributed by atoms with van der Waals surface area (Å²) in [5.41, 5.74) is 0.0886. The van der Waals surface area contributed by atoms with E-state index in [2.05, 4.69) is 10.4 Å². The predicted molar refractivity (Wildman–Crippen MR) is 175 cm³/mol. The number of hydrogen-bond acceptors (Lipinski definition) is 9. The third kappa shape index (κ3) is 7.89. The minimum atomic E-state index is -0.748. The van der Waals surface area contributed by atoms with Gasteiger partial charge in [-0.3, -0.25) is 14.9 Å². The lowest BCUT2D eigenvalue weighted by atomic mass is 9.77. The lowest BCUT2D eigenvalue weighted by Gasteiger charge is -2.32. The number of fused-ring (bicyclic) bond motifs is 1. The van der Waals surface area contributed by atoms with E-state index in [1.807, 2.05) is 87.4 Å². The van der Waals surface area contributed by atoms with Gasteiger partial charge in [0.05, 0.1) is 52.8 Å². The molecule has 0 spiro atoms. The molecule has 1 atom stereocenters. The van der Waals surface area contributed by atoms with Crippen LogP contribution in [0.25, 0.3) is 10.9 Å². The van der Waals surface area contributed by atoms with Crippen LogP contribution in [-0.2, 0) is 30.1 Å². The number of ether oxygens (including phenoxy) is 3. The zero-order valence-corrected chi connectivity index (χ0v) is 28.9. The van der Waals surface area contributed by atoms with Gasteiger partial charge in [0.1, 0.15) is 17.4 Å². The Morgan fingerprint density at radius 1 is 1.04 bits per heavy atom. The van der Waals surface area contributed by atoms with Gasteiger partial charge in [-0.05, 0) is 92.9 Å². The van der Waals surface area contributed by atoms with Crippen molar-refractivity contribution in [3.05, 3.63) is 52.7 Å². The number of hydrogen-bond donors (Lipinski definition) is 1. The number of nitrogens with one attached hydrogen (secondary N) is 1. The smallest absolute Gasteiger partial charge is 0.495 e. The molecule has 2 aromatic carbocycles. The second kappa shape index (κ2) is 12.7. The van der Waals surface area contributed by atoms with E-state index in [9.17, 15) is 9.59 Å². The van der Waals surface area contributed by atoms with Crippen molar-refractivity contribution in [2.45, 2.75) is 104 Å². The Balaban J connectivity index is 1.59. The number of benzene rings is 2. The van der Waals surface area contributed by atoms with Crippen LogP contribution in [0.15, 0.2) is 36.5 Å². The van der Waals surface area contributed by atoms with Gasteiger partial charge in [0.25, 0.3) is 5.91 Å². The number of rotatable bonds is 9. The van der Waals surface area contributed by atoms with E-state index >= 15 is 0 Å². The van der Waals surface area contributed by atoms with Crippen molar-refractivity contribution < 1.29 is 33.1 Å². The van der Waals surface area contributed by atoms with Gasteiger partial charge in [-0.25, -0.2) is 0 Å². The SMILES string of the molecule is COc1cc(C(=O)n2ncc3c(B4OC(C)(C)C(C)(C)O4)cccc32)c(Cl)cc1CN[C@@H](COC(C)(C)C)C(=O)OC(C)(C)C. The van der Waals surface area contributed by atoms with Crippen LogP contribution < -0.4 is 15.5 Å². The highest BCUT2D eigenvalue weighted by Crippen LogP contribution is 2.37. The highest BCUT2D eigenvalue weighted by atomic mass is 35.5. The van der Waals surface area contributed by atoms with Crippen molar-refractivity contribution in [2.75, 3.05) is 13.7 Å². The van der Waals surface area contributed by atoms with Crippen LogP contribution in [0, 0.1) is 0 Å². The molecule has 244 valence electrons. The zero-order chi connectivity index (χ0) is 33.5. The molecule has 0 saturated carbocycles. The van der Waals surface area contributed by atoms with Gasteiger partial charge >= 0.3 is 13.1 Å². The van der Waals surface area contributed by atoms with Crippen molar-refractivity contribution in [1.29, 1.82) is 0 Å². The van der Waals surface area contributed by atoms with Gasteiger partial charge in [0.15, 0.2) is 0 Å². The molecule has 1 aliphatic rings. The van der Waals surface area contributed by atoms with Crippen LogP contribution in [-0.4, -0.2) is 70.9 Å². The first kappa shape index (κ1) is 34.9. The third-order valence-corrected chi connectivity index (χ3v) is 8.17. The van der Waals surface area contributed by atoms with Crippen LogP contribution in [0.5, 0.6) is 5.75 Å². The fourth-order valence-corrected chi connectivity index (χ4v) is 5.03. The quantitative estimate of drug-likeness (QED) is 0.246. The lowest BCUT2D eigenvalue weighted by molar-refractivity contribution is -0.160. The number of carbonyl (C=O) groups excluding carboxylic acids is 2. The maximum Gasteiger partial charge on any atom is 0.495 e. The maximum absolute atomic E-state index is 13.8. The largest absolute Gasteiger partial charge is 0.496 e. The molecule has 1 saturated heterocycles. The zero-order valence-electron chi connectivity index (χ0n) is 28.2. The Morgan fingerprint density at radius 2 is 1.69 bits per heavy atom. The summed E-state index contributed by atoms with van der Waals surface area (Å²) in [4.78, 5) is 26.8. The van der Waals surface area contributed by atoms with E-state index in [1.165, 1.54) is 11.8 Å². The number of methoxy groups -OCH3 is 1. The van der Waals surface area contributed by atoms with E-state index < -0.39 is 47.4 Å². The third-order valence-electron chi connectivity index (χ3n) is 7.86. The molecule has 10 nitrogen and oxygen atoms in total. The molecule has 0 amide bonds. The molecule has 1 aliphatic heterocycles. The van der Waals surface area contributed by atoms with Crippen LogP contribution >= 0.6 is 11.6 Å². The van der Waals surface area contributed by atoms with Crippen LogP contribution in [0.2, 0.25) is 5.02 Å². The summed E-state index contributed by atoms with van der Waals surface area (Å²) >= 11 is 6.70. The summed E-state index contributed by atoms with van der Waals surface area (Å²) < 4.78 is 31.0. The number of nitrogens with zero attached hydrogens (tertiary/aromatic N) is 2. The normalized spacial score (nSPS) is 17.0. The lowest BCUT2D eigenvalue weighted by Crippen LogP contribution is -2.45. The first-order valence-electron chi connectivity index (χ1n) is 15.1. The average Bonchev–Trinajstić information content (AvgIpc) is 3.43. The molecule has 2 heterocycles. The molecule has 1 aromatic heterocycles. The Morgan fingerprint density at radius 3 is 2.27 bits per heavy atom. The van der Waals surface area contributed by atoms with Gasteiger partial charge in [-0.15, -0.1) is 0 Å². The van der Waals surface area contributed by atoms with Crippen LogP contribution in [0.3, 0.4) is 0 Å². The molecular formula is C33H45BClN3O7. The van der Waals surface area contributed by atoms with Crippen molar-refractivity contribution in [2.24, 2.45) is 0 Å². The number of esters is 1. The second-order valence-corrected chi connectivity index (χ2v) is 14.7. The highest BCUT2D eigenvalue weighted by molar-refractivity contribution is 6.65. The average molecular weight is 642 g/mol. The molecule has 1 fully saturated rings. The molecular weight excluding hydrogens is 597 g/mol. The minimum absolute atomic E-state index is 0.103. The summed E-state index contributed by atoms with van der Waals surface area (Å²) in [6.45, 7) is 19.5. The van der Waals surface area contributed by atoms with E-state index in [1.54, 1.807) is 18.3 Å². The first-order valence-corrected chi connectivity index (χ1v) is 15.4. The number of carbonyl (C=O) groups is 2. The van der Waals surface area contributed by atoms with Gasteiger partial charge in [0.2, 0.25) is 0 Å². The van der Waals surface area contributed by atoms with Gasteiger partial charge in [0, 0.05) is 17.5 Å². The standard InChI is InChI=1S/C33H45BClN3O7/c1-30(2,3)42-19-25(29(40)43-31(4,5)6)36-17-20-15-24(35)21(16-27(20)41-11)28(39)38-26-14-12-13-23(22(26)18-37-38)34-44-32(7,8)33(9,10)45-34/h12-16,18,25,36H,17,19H2,1-11H3/t25-/m0/s1. The van der Waals surface area contributed by atoms with E-state index in [0.717, 1.165) is 10.8 Å². The molecule has 0 bridgehead atoms. The number of halogens is 1. The van der Waals surface area contributed by atoms with Gasteiger partial charge in [-0.2, -0.15) is 9.78 Å². The Labute approximate surface area is 271 Å². The molecule has 12 heteroatoms. The Kier molecular flexibility index (Phi) is 9.84. The number of aromatic nitrogens is 2. The summed E-state index contributed by atoms with van der Waals surface area (Å²) in [7, 11) is 0.898. The second-order valence-electron chi connectivity index (χ2n) is 14.3. The van der Waals surface area contributed by atoms with Crippen LogP contribution in [0.1, 0.15) is 85.2 Å². The fourth-order valence-electron chi connectivity index (χ4n) is 4.76. The van der Waals surface area contributed by atoms with E-state index in [-0.39, 0.29) is 23.7 Å². The molecule has 4 rings (SSSR count). The Hall–Kier alpha value is -2.96. The summed E-state index contributed by atoms with van der Waals surface area (Å²) in [5, 5.41) is 8.58. The topological polar surface area (TPSA) is 110 Å². The van der Waals surface area contributed by atoms with Crippen LogP contribution in [0.4, 0.5) is 0 Å². The predicted octanol–water partition coefficient (Wildman–Crippen LogP) is 5.30. The Bertz CT molecular complexity index is 1560. The van der Waals surface area contributed by atoms with Crippen molar-refractivity contribution in [3.63, 3.8) is 0 Å². The van der Waals surface area contributed by atoms with Crippen molar-refractivity contribution in [1.82, 2.24) is 15.1 Å². The van der Waals surface area contributed by atoms with Crippen molar-refractivity contribution >= 4 is 47.0 Å². The molecule has 0 unspecified atom stereocenters. The van der Waals surface area contributed by atoms with E-state index in [0.29, 0.717) is 16.8 Å². The molecule has 1 N–H and O–H groups in total. The summed E-state index contributed by atoms with van der Waals surface area (Å²) in [5.74, 6) is -0.442. The molecule has 45 heavy (non-hydrogen) atoms. The first-order chi connectivity index (χ1) is 20.7. The minimum Gasteiger partial charge on any atom is -0.496 e. The highest BCUT2D eigenvalue weighted by Gasteiger charge is 2.52. The maximum atomic E-state index is 13.8. The monoisotopic (exact) mass is 641 g/mol. The summed E-state index contributed by atoms with van der Waals surface area (Å²) in [6.07, 6.45) is 1.63. The molecule has 0 aliphatic carbocycles. The van der Waals surface area contributed by atoms with Gasteiger partial charge < -0.3 is 23.5 Å². The fraction of sp³-hybridized carbons (Fsp3) is 0.545.